The van der Waals surface area contributed by atoms with Crippen molar-refractivity contribution >= 4 is 5.91 Å². The molecule has 0 aliphatic heterocycles. The van der Waals surface area contributed by atoms with Gasteiger partial charge in [0.1, 0.15) is 18.1 Å². The quantitative estimate of drug-likeness (QED) is 0.569. The molecule has 2 heterocycles. The molecule has 2 aromatic heterocycles. The predicted molar refractivity (Wildman–Crippen MR) is 104 cm³/mol. The van der Waals surface area contributed by atoms with Gasteiger partial charge in [-0.15, -0.1) is 0 Å². The van der Waals surface area contributed by atoms with Crippen LogP contribution in [0.4, 0.5) is 0 Å². The van der Waals surface area contributed by atoms with Crippen LogP contribution in [0, 0.1) is 6.92 Å². The minimum atomic E-state index is -0.311. The van der Waals surface area contributed by atoms with Crippen LogP contribution >= 0.6 is 0 Å². The molecule has 8 nitrogen and oxygen atoms in total. The zero-order valence-corrected chi connectivity index (χ0v) is 15.7. The number of ether oxygens (including phenoxy) is 1. The van der Waals surface area contributed by atoms with Crippen molar-refractivity contribution in [1.82, 2.24) is 24.9 Å². The summed E-state index contributed by atoms with van der Waals surface area (Å²) in [4.78, 5) is 24.2. The molecular formula is C20H23N5O3. The molecule has 0 aliphatic rings. The Kier molecular flexibility index (Phi) is 6.56. The Balaban J connectivity index is 1.48. The molecule has 0 saturated heterocycles. The van der Waals surface area contributed by atoms with Crippen LogP contribution in [0.5, 0.6) is 5.75 Å². The molecule has 28 heavy (non-hydrogen) atoms. The fraction of sp³-hybridized carbons (Fsp3) is 0.300. The molecule has 0 fully saturated rings. The maximum Gasteiger partial charge on any atom is 0.271 e. The van der Waals surface area contributed by atoms with E-state index in [0.717, 1.165) is 24.3 Å². The zero-order valence-electron chi connectivity index (χ0n) is 15.7. The molecule has 0 atom stereocenters. The molecule has 1 amide bonds. The lowest BCUT2D eigenvalue weighted by molar-refractivity contribution is 0.0944. The van der Waals surface area contributed by atoms with Crippen LogP contribution in [0.25, 0.3) is 0 Å². The van der Waals surface area contributed by atoms with E-state index < -0.39 is 0 Å². The largest absolute Gasteiger partial charge is 0.492 e. The third-order valence-electron chi connectivity index (χ3n) is 4.03. The number of nitrogens with zero attached hydrogens (tertiary/aromatic N) is 4. The second kappa shape index (κ2) is 9.50. The van der Waals surface area contributed by atoms with Gasteiger partial charge in [-0.1, -0.05) is 18.2 Å². The van der Waals surface area contributed by atoms with E-state index in [-0.39, 0.29) is 30.3 Å². The smallest absolute Gasteiger partial charge is 0.271 e. The molecule has 0 aliphatic carbocycles. The number of rotatable bonds is 9. The predicted octanol–water partition coefficient (Wildman–Crippen LogP) is 1.65. The Morgan fingerprint density at radius 1 is 1.14 bits per heavy atom. The summed E-state index contributed by atoms with van der Waals surface area (Å²) in [6.07, 6.45) is 4.50. The van der Waals surface area contributed by atoms with Gasteiger partial charge >= 0.3 is 0 Å². The molecule has 8 heteroatoms. The van der Waals surface area contributed by atoms with E-state index in [1.807, 2.05) is 48.1 Å². The second-order valence-corrected chi connectivity index (χ2v) is 6.33. The first-order valence-corrected chi connectivity index (χ1v) is 9.15. The lowest BCUT2D eigenvalue weighted by Gasteiger charge is -2.09. The van der Waals surface area contributed by atoms with Crippen LogP contribution in [-0.2, 0) is 13.1 Å². The monoisotopic (exact) mass is 381 g/mol. The van der Waals surface area contributed by atoms with E-state index in [0.29, 0.717) is 6.54 Å². The highest BCUT2D eigenvalue weighted by molar-refractivity contribution is 5.91. The summed E-state index contributed by atoms with van der Waals surface area (Å²) in [6, 6.07) is 12.1. The number of nitrogens with one attached hydrogen (secondary N) is 1. The summed E-state index contributed by atoms with van der Waals surface area (Å²) < 4.78 is 8.66. The SMILES string of the molecule is Cc1cnn(CCCNC(=O)c2ccc(=O)n(CCOc3ccccc3)n2)c1. The highest BCUT2D eigenvalue weighted by Crippen LogP contribution is 2.07. The number of para-hydroxylation sites is 1. The number of carbonyl (C=O) groups excluding carboxylic acids is 1. The van der Waals surface area contributed by atoms with E-state index in [1.165, 1.54) is 16.8 Å². The lowest BCUT2D eigenvalue weighted by atomic mass is 10.3. The molecule has 0 bridgehead atoms. The van der Waals surface area contributed by atoms with Crippen molar-refractivity contribution in [2.24, 2.45) is 0 Å². The van der Waals surface area contributed by atoms with Crippen molar-refractivity contribution in [2.45, 2.75) is 26.4 Å². The Morgan fingerprint density at radius 3 is 2.71 bits per heavy atom. The Morgan fingerprint density at radius 2 is 1.96 bits per heavy atom. The molecule has 0 spiro atoms. The van der Waals surface area contributed by atoms with Crippen molar-refractivity contribution < 1.29 is 9.53 Å². The normalized spacial score (nSPS) is 10.6. The summed E-state index contributed by atoms with van der Waals surface area (Å²) >= 11 is 0. The summed E-state index contributed by atoms with van der Waals surface area (Å²) in [7, 11) is 0. The molecule has 146 valence electrons. The molecule has 1 aromatic carbocycles. The molecule has 3 aromatic rings. The van der Waals surface area contributed by atoms with Crippen LogP contribution in [0.3, 0.4) is 0 Å². The Labute approximate surface area is 162 Å². The highest BCUT2D eigenvalue weighted by Gasteiger charge is 2.09. The van der Waals surface area contributed by atoms with Crippen LogP contribution in [0.1, 0.15) is 22.5 Å². The topological polar surface area (TPSA) is 91.0 Å². The van der Waals surface area contributed by atoms with Gasteiger partial charge in [-0.3, -0.25) is 14.3 Å². The van der Waals surface area contributed by atoms with E-state index in [4.69, 9.17) is 4.74 Å². The minimum Gasteiger partial charge on any atom is -0.492 e. The van der Waals surface area contributed by atoms with Crippen LogP contribution in [0.2, 0.25) is 0 Å². The van der Waals surface area contributed by atoms with E-state index in [2.05, 4.69) is 15.5 Å². The van der Waals surface area contributed by atoms with Gasteiger partial charge in [0.15, 0.2) is 0 Å². The van der Waals surface area contributed by atoms with Gasteiger partial charge in [0.25, 0.3) is 11.5 Å². The molecule has 0 saturated carbocycles. The van der Waals surface area contributed by atoms with E-state index in [1.54, 1.807) is 6.20 Å². The van der Waals surface area contributed by atoms with Crippen LogP contribution in [0.15, 0.2) is 59.7 Å². The fourth-order valence-electron chi connectivity index (χ4n) is 2.62. The van der Waals surface area contributed by atoms with Gasteiger partial charge < -0.3 is 10.1 Å². The number of hydrogen-bond acceptors (Lipinski definition) is 5. The van der Waals surface area contributed by atoms with Crippen molar-refractivity contribution in [3.63, 3.8) is 0 Å². The summed E-state index contributed by atoms with van der Waals surface area (Å²) in [6.45, 7) is 3.74. The third kappa shape index (κ3) is 5.54. The molecule has 3 rings (SSSR count). The third-order valence-corrected chi connectivity index (χ3v) is 4.03. The number of aromatic nitrogens is 4. The molecule has 0 unspecified atom stereocenters. The van der Waals surface area contributed by atoms with Gasteiger partial charge in [-0.05, 0) is 37.1 Å². The number of benzene rings is 1. The van der Waals surface area contributed by atoms with Gasteiger partial charge in [0, 0.05) is 25.4 Å². The van der Waals surface area contributed by atoms with Crippen molar-refractivity contribution in [2.75, 3.05) is 13.2 Å². The van der Waals surface area contributed by atoms with Crippen molar-refractivity contribution in [1.29, 1.82) is 0 Å². The van der Waals surface area contributed by atoms with Crippen molar-refractivity contribution in [3.8, 4) is 5.75 Å². The van der Waals surface area contributed by atoms with Gasteiger partial charge in [0.05, 0.1) is 12.7 Å². The number of carbonyl (C=O) groups is 1. The summed E-state index contributed by atoms with van der Waals surface area (Å²) in [5.74, 6) is 0.409. The summed E-state index contributed by atoms with van der Waals surface area (Å²) in [5.41, 5.74) is 1.03. The van der Waals surface area contributed by atoms with E-state index >= 15 is 0 Å². The van der Waals surface area contributed by atoms with Crippen LogP contribution < -0.4 is 15.6 Å². The number of aryl methyl sites for hydroxylation is 2. The standard InChI is InChI=1S/C20H23N5O3/c1-16-14-22-24(15-16)11-5-10-21-20(27)18-8-9-19(26)25(23-18)12-13-28-17-6-3-2-4-7-17/h2-4,6-9,14-15H,5,10-13H2,1H3,(H,21,27). The maximum absolute atomic E-state index is 12.3. The van der Waals surface area contributed by atoms with E-state index in [9.17, 15) is 9.59 Å². The first-order chi connectivity index (χ1) is 13.6. The number of hydrogen-bond donors (Lipinski definition) is 1. The lowest BCUT2D eigenvalue weighted by Crippen LogP contribution is -2.31. The first kappa shape index (κ1) is 19.3. The summed E-state index contributed by atoms with van der Waals surface area (Å²) in [5, 5.41) is 11.2. The van der Waals surface area contributed by atoms with Gasteiger partial charge in [-0.25, -0.2) is 4.68 Å². The fourth-order valence-corrected chi connectivity index (χ4v) is 2.62. The first-order valence-electron chi connectivity index (χ1n) is 9.15. The van der Waals surface area contributed by atoms with Gasteiger partial charge in [-0.2, -0.15) is 10.2 Å². The second-order valence-electron chi connectivity index (χ2n) is 6.33. The molecule has 1 N–H and O–H groups in total. The Bertz CT molecular complexity index is 965. The minimum absolute atomic E-state index is 0.203. The zero-order chi connectivity index (χ0) is 19.8. The average Bonchev–Trinajstić information content (AvgIpc) is 3.12. The van der Waals surface area contributed by atoms with Crippen molar-refractivity contribution in [3.05, 3.63) is 76.5 Å². The van der Waals surface area contributed by atoms with Crippen LogP contribution in [-0.4, -0.2) is 38.6 Å². The molecule has 0 radical (unpaired) electrons. The highest BCUT2D eigenvalue weighted by atomic mass is 16.5. The maximum atomic E-state index is 12.3. The molecular weight excluding hydrogens is 358 g/mol. The Hall–Kier alpha value is -3.42. The number of amides is 1. The van der Waals surface area contributed by atoms with Gasteiger partial charge in [0.2, 0.25) is 0 Å². The average molecular weight is 381 g/mol.